The van der Waals surface area contributed by atoms with Gasteiger partial charge in [-0.2, -0.15) is 0 Å². The molecule has 2 aliphatic rings. The van der Waals surface area contributed by atoms with Crippen LogP contribution in [0.1, 0.15) is 47.7 Å². The number of hydrogen-bond acceptors (Lipinski definition) is 1. The number of likely N-dealkylation sites (N-methyl/N-ethyl adjacent to an activating group) is 1. The molecule has 2 atom stereocenters. The van der Waals surface area contributed by atoms with E-state index in [1.54, 1.807) is 5.69 Å². The van der Waals surface area contributed by atoms with Crippen molar-refractivity contribution in [1.82, 2.24) is 9.47 Å². The van der Waals surface area contributed by atoms with Gasteiger partial charge in [-0.1, -0.05) is 48.0 Å². The van der Waals surface area contributed by atoms with E-state index >= 15 is 0 Å². The van der Waals surface area contributed by atoms with E-state index in [-0.39, 0.29) is 0 Å². The summed E-state index contributed by atoms with van der Waals surface area (Å²) < 4.78 is 2.62. The van der Waals surface area contributed by atoms with Gasteiger partial charge in [-0.15, -0.1) is 0 Å². The second-order valence-corrected chi connectivity index (χ2v) is 8.71. The molecule has 0 spiro atoms. The van der Waals surface area contributed by atoms with Crippen LogP contribution >= 0.6 is 11.6 Å². The van der Waals surface area contributed by atoms with Crippen LogP contribution in [0.15, 0.2) is 42.5 Å². The Hall–Kier alpha value is -1.77. The Kier molecular flexibility index (Phi) is 4.29. The van der Waals surface area contributed by atoms with Crippen LogP contribution in [-0.2, 0) is 19.4 Å². The molecule has 2 unspecified atom stereocenters. The summed E-state index contributed by atoms with van der Waals surface area (Å²) in [5, 5.41) is 2.25. The Morgan fingerprint density at radius 3 is 2.70 bits per heavy atom. The van der Waals surface area contributed by atoms with Crippen LogP contribution in [0.2, 0.25) is 5.02 Å². The van der Waals surface area contributed by atoms with Crippen LogP contribution in [0.5, 0.6) is 0 Å². The average molecular weight is 379 g/mol. The summed E-state index contributed by atoms with van der Waals surface area (Å²) in [5.74, 6) is 0. The lowest BCUT2D eigenvalue weighted by atomic mass is 9.97. The molecule has 0 N–H and O–H groups in total. The van der Waals surface area contributed by atoms with E-state index in [4.69, 9.17) is 11.6 Å². The fourth-order valence-corrected chi connectivity index (χ4v) is 5.69. The van der Waals surface area contributed by atoms with Gasteiger partial charge in [0, 0.05) is 36.1 Å². The normalized spacial score (nSPS) is 21.7. The highest BCUT2D eigenvalue weighted by molar-refractivity contribution is 6.36. The molecule has 2 bridgehead atoms. The predicted octanol–water partition coefficient (Wildman–Crippen LogP) is 5.93. The maximum Gasteiger partial charge on any atom is 0.0530 e. The van der Waals surface area contributed by atoms with Crippen molar-refractivity contribution in [3.63, 3.8) is 0 Å². The van der Waals surface area contributed by atoms with Gasteiger partial charge in [0.05, 0.1) is 10.5 Å². The van der Waals surface area contributed by atoms with E-state index in [1.807, 2.05) is 0 Å². The van der Waals surface area contributed by atoms with E-state index in [9.17, 15) is 0 Å². The highest BCUT2D eigenvalue weighted by Gasteiger charge is 2.41. The highest BCUT2D eigenvalue weighted by Crippen LogP contribution is 2.48. The maximum atomic E-state index is 6.76. The lowest BCUT2D eigenvalue weighted by molar-refractivity contribution is 0.222. The topological polar surface area (TPSA) is 8.17 Å². The van der Waals surface area contributed by atoms with Crippen molar-refractivity contribution in [3.05, 3.63) is 69.9 Å². The fraction of sp³-hybridized carbons (Fsp3) is 0.417. The standard InChI is InChI=1S/C24H27ClN2/c1-16-10-12-19(25)22-23-20-13-11-18(26(20)2)15-21(23)27(24(16)22)14-6-9-17-7-4-3-5-8-17/h3-5,7-8,10,12,18,20H,6,9,11,13-15H2,1-2H3. The summed E-state index contributed by atoms with van der Waals surface area (Å²) >= 11 is 6.76. The van der Waals surface area contributed by atoms with Crippen molar-refractivity contribution in [2.75, 3.05) is 7.05 Å². The molecule has 0 radical (unpaired) electrons. The Bertz CT molecular complexity index is 989. The van der Waals surface area contributed by atoms with E-state index in [1.165, 1.54) is 40.4 Å². The number of benzene rings is 2. The van der Waals surface area contributed by atoms with E-state index < -0.39 is 0 Å². The highest BCUT2D eigenvalue weighted by atomic mass is 35.5. The summed E-state index contributed by atoms with van der Waals surface area (Å²) in [5.41, 5.74) is 7.23. The molecule has 0 saturated carbocycles. The largest absolute Gasteiger partial charge is 0.344 e. The van der Waals surface area contributed by atoms with Crippen molar-refractivity contribution in [1.29, 1.82) is 0 Å². The first kappa shape index (κ1) is 17.3. The van der Waals surface area contributed by atoms with Crippen molar-refractivity contribution in [3.8, 4) is 0 Å². The first-order valence-corrected chi connectivity index (χ1v) is 10.6. The summed E-state index contributed by atoms with van der Waals surface area (Å²) in [6, 6.07) is 16.4. The van der Waals surface area contributed by atoms with Gasteiger partial charge in [0.2, 0.25) is 0 Å². The number of aryl methyl sites for hydroxylation is 3. The van der Waals surface area contributed by atoms with Gasteiger partial charge < -0.3 is 4.57 Å². The first-order valence-electron chi connectivity index (χ1n) is 10.2. The molecule has 140 valence electrons. The second-order valence-electron chi connectivity index (χ2n) is 8.31. The number of halogens is 1. The number of hydrogen-bond donors (Lipinski definition) is 0. The molecule has 27 heavy (non-hydrogen) atoms. The molecule has 2 nitrogen and oxygen atoms in total. The molecule has 5 rings (SSSR count). The molecule has 3 heterocycles. The van der Waals surface area contributed by atoms with E-state index in [0.29, 0.717) is 12.1 Å². The number of nitrogens with zero attached hydrogens (tertiary/aromatic N) is 2. The van der Waals surface area contributed by atoms with Crippen LogP contribution in [0.25, 0.3) is 10.9 Å². The summed E-state index contributed by atoms with van der Waals surface area (Å²) in [6.45, 7) is 3.31. The molecule has 2 aliphatic heterocycles. The Morgan fingerprint density at radius 1 is 1.07 bits per heavy atom. The zero-order valence-electron chi connectivity index (χ0n) is 16.2. The van der Waals surface area contributed by atoms with Crippen molar-refractivity contribution in [2.24, 2.45) is 0 Å². The van der Waals surface area contributed by atoms with Gasteiger partial charge >= 0.3 is 0 Å². The zero-order chi connectivity index (χ0) is 18.5. The maximum absolute atomic E-state index is 6.76. The van der Waals surface area contributed by atoms with Crippen molar-refractivity contribution in [2.45, 2.75) is 57.7 Å². The molecule has 1 fully saturated rings. The van der Waals surface area contributed by atoms with Crippen LogP contribution in [0.3, 0.4) is 0 Å². The lowest BCUT2D eigenvalue weighted by Crippen LogP contribution is -2.34. The lowest BCUT2D eigenvalue weighted by Gasteiger charge is -2.32. The minimum absolute atomic E-state index is 0.538. The fourth-order valence-electron chi connectivity index (χ4n) is 5.44. The van der Waals surface area contributed by atoms with Gasteiger partial charge in [-0.3, -0.25) is 4.90 Å². The van der Waals surface area contributed by atoms with Crippen molar-refractivity contribution >= 4 is 22.5 Å². The average Bonchev–Trinajstić information content (AvgIpc) is 3.11. The second kappa shape index (κ2) is 6.68. The minimum atomic E-state index is 0.538. The van der Waals surface area contributed by atoms with E-state index in [2.05, 4.69) is 65.9 Å². The van der Waals surface area contributed by atoms with E-state index in [0.717, 1.165) is 30.8 Å². The number of rotatable bonds is 4. The predicted molar refractivity (Wildman–Crippen MR) is 114 cm³/mol. The van der Waals surface area contributed by atoms with Gasteiger partial charge in [0.15, 0.2) is 0 Å². The quantitative estimate of drug-likeness (QED) is 0.546. The van der Waals surface area contributed by atoms with Gasteiger partial charge in [0.1, 0.15) is 0 Å². The van der Waals surface area contributed by atoms with Gasteiger partial charge in [-0.05, 0) is 62.4 Å². The molecule has 1 saturated heterocycles. The van der Waals surface area contributed by atoms with Gasteiger partial charge in [0.25, 0.3) is 0 Å². The third-order valence-electron chi connectivity index (χ3n) is 6.80. The van der Waals surface area contributed by atoms with Crippen LogP contribution in [-0.4, -0.2) is 22.6 Å². The van der Waals surface area contributed by atoms with Crippen molar-refractivity contribution < 1.29 is 0 Å². The smallest absolute Gasteiger partial charge is 0.0530 e. The zero-order valence-corrected chi connectivity index (χ0v) is 17.0. The Balaban J connectivity index is 1.58. The number of fused-ring (bicyclic) bond motifs is 6. The minimum Gasteiger partial charge on any atom is -0.344 e. The molecule has 3 aromatic rings. The molecule has 0 aliphatic carbocycles. The molecule has 2 aromatic carbocycles. The molecular weight excluding hydrogens is 352 g/mol. The summed E-state index contributed by atoms with van der Waals surface area (Å²) in [4.78, 5) is 2.59. The molecular formula is C24H27ClN2. The summed E-state index contributed by atoms with van der Waals surface area (Å²) in [6.07, 6.45) is 6.03. The Morgan fingerprint density at radius 2 is 1.89 bits per heavy atom. The monoisotopic (exact) mass is 378 g/mol. The third kappa shape index (κ3) is 2.73. The van der Waals surface area contributed by atoms with Gasteiger partial charge in [-0.25, -0.2) is 0 Å². The molecule has 3 heteroatoms. The first-order chi connectivity index (χ1) is 13.1. The SMILES string of the molecule is Cc1ccc(Cl)c2c3c(n(CCCc4ccccc4)c12)CC1CCC3N1C. The molecule has 0 amide bonds. The molecule has 1 aromatic heterocycles. The number of aromatic nitrogens is 1. The van der Waals surface area contributed by atoms with Crippen LogP contribution in [0.4, 0.5) is 0 Å². The van der Waals surface area contributed by atoms with Crippen LogP contribution in [0, 0.1) is 6.92 Å². The summed E-state index contributed by atoms with van der Waals surface area (Å²) in [7, 11) is 2.30. The Labute approximate surface area is 166 Å². The third-order valence-corrected chi connectivity index (χ3v) is 7.11. The van der Waals surface area contributed by atoms with Crippen LogP contribution < -0.4 is 0 Å².